The highest BCUT2D eigenvalue weighted by atomic mass is 16.2. The predicted octanol–water partition coefficient (Wildman–Crippen LogP) is -0.632. The molecule has 0 amide bonds. The van der Waals surface area contributed by atoms with Gasteiger partial charge in [-0.1, -0.05) is 0 Å². The molecule has 1 aliphatic heterocycles. The summed E-state index contributed by atoms with van der Waals surface area (Å²) < 4.78 is 1.46. The molecule has 0 spiro atoms. The third kappa shape index (κ3) is 1.06. The van der Waals surface area contributed by atoms with Crippen LogP contribution in [-0.2, 0) is 0 Å². The molecule has 0 fully saturated rings. The van der Waals surface area contributed by atoms with Gasteiger partial charge in [-0.25, -0.2) is 9.78 Å². The van der Waals surface area contributed by atoms with Gasteiger partial charge in [0.15, 0.2) is 0 Å². The second-order valence-electron chi connectivity index (χ2n) is 2.87. The molecule has 13 heavy (non-hydrogen) atoms. The number of anilines is 1. The molecule has 1 N–H and O–H groups in total. The first-order chi connectivity index (χ1) is 6.24. The normalized spacial score (nSPS) is 19.8. The highest BCUT2D eigenvalue weighted by Crippen LogP contribution is 2.12. The molecule has 1 aliphatic rings. The average Bonchev–Trinajstić information content (AvgIpc) is 2.42. The van der Waals surface area contributed by atoms with Gasteiger partial charge in [0.05, 0.1) is 0 Å². The van der Waals surface area contributed by atoms with Crippen molar-refractivity contribution in [2.75, 3.05) is 16.9 Å². The molecule has 0 saturated carbocycles. The van der Waals surface area contributed by atoms with Gasteiger partial charge in [-0.05, 0) is 13.8 Å². The van der Waals surface area contributed by atoms with Crippen molar-refractivity contribution in [1.82, 2.24) is 14.6 Å². The van der Waals surface area contributed by atoms with E-state index in [4.69, 9.17) is 0 Å². The first kappa shape index (κ1) is 8.03. The molecule has 1 unspecified atom stereocenters. The topological polar surface area (TPSA) is 63.0 Å². The maximum absolute atomic E-state index is 11.4. The molecule has 6 heteroatoms. The SMILES string of the molecule is CCN1C(C)Nc2ncnc(=O)n21. The van der Waals surface area contributed by atoms with E-state index in [1.54, 1.807) is 0 Å². The van der Waals surface area contributed by atoms with Crippen molar-refractivity contribution in [2.24, 2.45) is 0 Å². The standard InChI is InChI=1S/C7H11N5O/c1-3-11-5(2)10-6-8-4-9-7(13)12(6)11/h4-5H,3H2,1-2H3,(H,8,9,10,13). The van der Waals surface area contributed by atoms with Crippen LogP contribution in [0.4, 0.5) is 5.95 Å². The van der Waals surface area contributed by atoms with Gasteiger partial charge in [0, 0.05) is 6.54 Å². The monoisotopic (exact) mass is 181 g/mol. The molecule has 0 aromatic carbocycles. The summed E-state index contributed by atoms with van der Waals surface area (Å²) in [5, 5.41) is 4.95. The first-order valence-electron chi connectivity index (χ1n) is 4.21. The van der Waals surface area contributed by atoms with Crippen molar-refractivity contribution in [3.8, 4) is 0 Å². The summed E-state index contributed by atoms with van der Waals surface area (Å²) in [6.45, 7) is 4.69. The molecule has 0 saturated heterocycles. The van der Waals surface area contributed by atoms with Crippen LogP contribution in [0.2, 0.25) is 0 Å². The second-order valence-corrected chi connectivity index (χ2v) is 2.87. The van der Waals surface area contributed by atoms with Gasteiger partial charge in [0.2, 0.25) is 5.95 Å². The third-order valence-electron chi connectivity index (χ3n) is 2.10. The largest absolute Gasteiger partial charge is 0.370 e. The lowest BCUT2D eigenvalue weighted by molar-refractivity contribution is 0.569. The number of aromatic nitrogens is 3. The summed E-state index contributed by atoms with van der Waals surface area (Å²) in [7, 11) is 0. The number of hydrogen-bond donors (Lipinski definition) is 1. The average molecular weight is 181 g/mol. The zero-order valence-corrected chi connectivity index (χ0v) is 7.56. The Morgan fingerprint density at radius 3 is 3.08 bits per heavy atom. The summed E-state index contributed by atoms with van der Waals surface area (Å²) >= 11 is 0. The van der Waals surface area contributed by atoms with Crippen LogP contribution in [0.5, 0.6) is 0 Å². The van der Waals surface area contributed by atoms with E-state index in [1.165, 1.54) is 11.0 Å². The summed E-state index contributed by atoms with van der Waals surface area (Å²) in [5.41, 5.74) is -0.288. The number of fused-ring (bicyclic) bond motifs is 1. The van der Waals surface area contributed by atoms with Gasteiger partial charge >= 0.3 is 5.69 Å². The smallest absolute Gasteiger partial charge is 0.333 e. The van der Waals surface area contributed by atoms with E-state index >= 15 is 0 Å². The Morgan fingerprint density at radius 2 is 2.38 bits per heavy atom. The fraction of sp³-hybridized carbons (Fsp3) is 0.571. The van der Waals surface area contributed by atoms with E-state index < -0.39 is 0 Å². The Kier molecular flexibility index (Phi) is 1.68. The lowest BCUT2D eigenvalue weighted by atomic mass is 10.5. The minimum absolute atomic E-state index is 0.0920. The number of hydrogen-bond acceptors (Lipinski definition) is 5. The predicted molar refractivity (Wildman–Crippen MR) is 48.1 cm³/mol. The van der Waals surface area contributed by atoms with Crippen LogP contribution in [0, 0.1) is 0 Å². The van der Waals surface area contributed by atoms with Gasteiger partial charge in [0.25, 0.3) is 0 Å². The molecule has 0 aliphatic carbocycles. The van der Waals surface area contributed by atoms with Crippen LogP contribution >= 0.6 is 0 Å². The van der Waals surface area contributed by atoms with Crippen LogP contribution in [-0.4, -0.2) is 27.4 Å². The van der Waals surface area contributed by atoms with Gasteiger partial charge in [-0.3, -0.25) is 5.01 Å². The minimum Gasteiger partial charge on any atom is -0.333 e. The Labute approximate surface area is 75.2 Å². The summed E-state index contributed by atoms with van der Waals surface area (Å²) in [5.74, 6) is 0.564. The zero-order chi connectivity index (χ0) is 9.42. The highest BCUT2D eigenvalue weighted by molar-refractivity contribution is 5.34. The highest BCUT2D eigenvalue weighted by Gasteiger charge is 2.25. The van der Waals surface area contributed by atoms with Crippen molar-refractivity contribution in [3.05, 3.63) is 16.8 Å². The third-order valence-corrected chi connectivity index (χ3v) is 2.10. The Hall–Kier alpha value is -1.59. The molecule has 6 nitrogen and oxygen atoms in total. The minimum atomic E-state index is -0.288. The van der Waals surface area contributed by atoms with Gasteiger partial charge in [0.1, 0.15) is 12.5 Å². The van der Waals surface area contributed by atoms with Crippen LogP contribution in [0.25, 0.3) is 0 Å². The van der Waals surface area contributed by atoms with Gasteiger partial charge in [-0.2, -0.15) is 9.66 Å². The summed E-state index contributed by atoms with van der Waals surface area (Å²) in [6, 6.07) is 0. The zero-order valence-electron chi connectivity index (χ0n) is 7.56. The Morgan fingerprint density at radius 1 is 1.62 bits per heavy atom. The fourth-order valence-electron chi connectivity index (χ4n) is 1.51. The Bertz CT molecular complexity index is 373. The summed E-state index contributed by atoms with van der Waals surface area (Å²) in [4.78, 5) is 18.9. The first-order valence-corrected chi connectivity index (χ1v) is 4.21. The summed E-state index contributed by atoms with van der Waals surface area (Å²) in [6.07, 6.45) is 1.36. The molecule has 1 atom stereocenters. The van der Waals surface area contributed by atoms with Crippen LogP contribution in [0.15, 0.2) is 11.1 Å². The van der Waals surface area contributed by atoms with E-state index in [0.717, 1.165) is 6.54 Å². The maximum Gasteiger partial charge on any atom is 0.370 e. The van der Waals surface area contributed by atoms with Gasteiger partial charge < -0.3 is 5.32 Å². The van der Waals surface area contributed by atoms with Crippen LogP contribution in [0.3, 0.4) is 0 Å². The van der Waals surface area contributed by atoms with Crippen molar-refractivity contribution in [3.63, 3.8) is 0 Å². The molecule has 1 aromatic rings. The van der Waals surface area contributed by atoms with Crippen LogP contribution < -0.4 is 16.0 Å². The molecular weight excluding hydrogens is 170 g/mol. The quantitative estimate of drug-likeness (QED) is 0.625. The fourth-order valence-corrected chi connectivity index (χ4v) is 1.51. The number of nitrogens with zero attached hydrogens (tertiary/aromatic N) is 4. The Balaban J connectivity index is 2.56. The molecule has 70 valence electrons. The van der Waals surface area contributed by atoms with E-state index in [-0.39, 0.29) is 11.9 Å². The second kappa shape index (κ2) is 2.72. The van der Waals surface area contributed by atoms with Crippen LogP contribution in [0.1, 0.15) is 13.8 Å². The molecule has 0 bridgehead atoms. The van der Waals surface area contributed by atoms with E-state index in [0.29, 0.717) is 5.95 Å². The maximum atomic E-state index is 11.4. The van der Waals surface area contributed by atoms with Gasteiger partial charge in [-0.15, -0.1) is 0 Å². The molecule has 2 heterocycles. The van der Waals surface area contributed by atoms with E-state index in [1.807, 2.05) is 18.9 Å². The molecule has 2 rings (SSSR count). The molecule has 1 aromatic heterocycles. The van der Waals surface area contributed by atoms with Crippen molar-refractivity contribution < 1.29 is 0 Å². The van der Waals surface area contributed by atoms with Crippen molar-refractivity contribution in [2.45, 2.75) is 20.0 Å². The van der Waals surface area contributed by atoms with E-state index in [9.17, 15) is 4.79 Å². The van der Waals surface area contributed by atoms with E-state index in [2.05, 4.69) is 15.3 Å². The number of rotatable bonds is 1. The van der Waals surface area contributed by atoms with Crippen molar-refractivity contribution in [1.29, 1.82) is 0 Å². The number of nitrogens with one attached hydrogen (secondary N) is 1. The lowest BCUT2D eigenvalue weighted by Gasteiger charge is -2.20. The molecular formula is C7H11N5O. The van der Waals surface area contributed by atoms with Crippen molar-refractivity contribution >= 4 is 5.95 Å². The lowest BCUT2D eigenvalue weighted by Crippen LogP contribution is -2.44. The molecule has 0 radical (unpaired) electrons.